The van der Waals surface area contributed by atoms with E-state index in [1.807, 2.05) is 0 Å². The molecule has 0 saturated heterocycles. The highest BCUT2D eigenvalue weighted by molar-refractivity contribution is 7.99. The molecular formula is C7H11N3OS2. The first-order valence-electron chi connectivity index (χ1n) is 3.67. The largest absolute Gasteiger partial charge is 0.343 e. The molecule has 1 rings (SSSR count). The fourth-order valence-corrected chi connectivity index (χ4v) is 1.76. The molecule has 0 aliphatic rings. The van der Waals surface area contributed by atoms with Gasteiger partial charge < -0.3 is 0 Å². The maximum Gasteiger partial charge on any atom is 0.343 e. The predicted octanol–water partition coefficient (Wildman–Crippen LogP) is 0.686. The van der Waals surface area contributed by atoms with Crippen LogP contribution in [0.2, 0.25) is 0 Å². The van der Waals surface area contributed by atoms with Crippen molar-refractivity contribution in [3.05, 3.63) is 22.6 Å². The van der Waals surface area contributed by atoms with Gasteiger partial charge in [-0.3, -0.25) is 4.57 Å². The van der Waals surface area contributed by atoms with Crippen LogP contribution in [0.3, 0.4) is 0 Å². The van der Waals surface area contributed by atoms with Crippen molar-refractivity contribution in [3.63, 3.8) is 0 Å². The lowest BCUT2D eigenvalue weighted by molar-refractivity contribution is 0.766. The second-order valence-corrected chi connectivity index (χ2v) is 3.83. The molecule has 1 N–H and O–H groups in total. The minimum Gasteiger partial charge on any atom is -0.273 e. The SMILES string of the molecule is C=C(CS)CSc1n[nH]c(=O)n1C. The van der Waals surface area contributed by atoms with Crippen LogP contribution in [0, 0.1) is 0 Å². The molecule has 4 nitrogen and oxygen atoms in total. The zero-order valence-electron chi connectivity index (χ0n) is 7.28. The van der Waals surface area contributed by atoms with Gasteiger partial charge in [0, 0.05) is 18.6 Å². The number of aromatic nitrogens is 3. The van der Waals surface area contributed by atoms with Crippen LogP contribution in [-0.2, 0) is 7.05 Å². The lowest BCUT2D eigenvalue weighted by Crippen LogP contribution is -2.13. The number of thioether (sulfide) groups is 1. The van der Waals surface area contributed by atoms with Crippen LogP contribution in [0.1, 0.15) is 0 Å². The van der Waals surface area contributed by atoms with Gasteiger partial charge in [0.05, 0.1) is 0 Å². The van der Waals surface area contributed by atoms with Gasteiger partial charge in [0.1, 0.15) is 0 Å². The maximum atomic E-state index is 10.9. The molecule has 0 amide bonds. The van der Waals surface area contributed by atoms with E-state index in [1.165, 1.54) is 16.3 Å². The van der Waals surface area contributed by atoms with E-state index in [0.717, 1.165) is 11.3 Å². The summed E-state index contributed by atoms with van der Waals surface area (Å²) in [6.07, 6.45) is 0. The number of nitrogens with zero attached hydrogens (tertiary/aromatic N) is 2. The van der Waals surface area contributed by atoms with E-state index >= 15 is 0 Å². The lowest BCUT2D eigenvalue weighted by Gasteiger charge is -2.00. The van der Waals surface area contributed by atoms with Crippen molar-refractivity contribution >= 4 is 24.4 Å². The van der Waals surface area contributed by atoms with Gasteiger partial charge in [0.15, 0.2) is 5.16 Å². The molecule has 13 heavy (non-hydrogen) atoms. The summed E-state index contributed by atoms with van der Waals surface area (Å²) in [6, 6.07) is 0. The van der Waals surface area contributed by atoms with Gasteiger partial charge in [-0.05, 0) is 0 Å². The monoisotopic (exact) mass is 217 g/mol. The standard InChI is InChI=1S/C7H11N3OS2/c1-5(3-12)4-13-7-9-8-6(11)10(7)2/h12H,1,3-4H2,2H3,(H,8,11). The first-order chi connectivity index (χ1) is 6.15. The van der Waals surface area contributed by atoms with E-state index < -0.39 is 0 Å². The second kappa shape index (κ2) is 4.57. The highest BCUT2D eigenvalue weighted by Crippen LogP contribution is 2.15. The topological polar surface area (TPSA) is 50.7 Å². The van der Waals surface area contributed by atoms with E-state index in [4.69, 9.17) is 0 Å². The molecule has 0 aromatic carbocycles. The van der Waals surface area contributed by atoms with Crippen molar-refractivity contribution in [1.82, 2.24) is 14.8 Å². The second-order valence-electron chi connectivity index (χ2n) is 2.57. The number of aromatic amines is 1. The van der Waals surface area contributed by atoms with Crippen LogP contribution in [-0.4, -0.2) is 26.3 Å². The molecule has 0 spiro atoms. The molecule has 0 aliphatic carbocycles. The fraction of sp³-hybridized carbons (Fsp3) is 0.429. The van der Waals surface area contributed by atoms with Crippen LogP contribution < -0.4 is 5.69 Å². The van der Waals surface area contributed by atoms with Crippen LogP contribution in [0.4, 0.5) is 0 Å². The Hall–Kier alpha value is -0.620. The summed E-state index contributed by atoms with van der Waals surface area (Å²) < 4.78 is 1.47. The zero-order valence-corrected chi connectivity index (χ0v) is 8.99. The Labute approximate surface area is 85.8 Å². The Morgan fingerprint density at radius 3 is 3.00 bits per heavy atom. The Morgan fingerprint density at radius 2 is 2.54 bits per heavy atom. The molecule has 1 heterocycles. The molecule has 72 valence electrons. The number of hydrogen-bond donors (Lipinski definition) is 2. The van der Waals surface area contributed by atoms with Crippen LogP contribution in [0.5, 0.6) is 0 Å². The van der Waals surface area contributed by atoms with Crippen molar-refractivity contribution in [3.8, 4) is 0 Å². The molecule has 0 fully saturated rings. The van der Waals surface area contributed by atoms with Crippen LogP contribution in [0.25, 0.3) is 0 Å². The van der Waals surface area contributed by atoms with Gasteiger partial charge in [-0.1, -0.05) is 23.9 Å². The third-order valence-electron chi connectivity index (χ3n) is 1.47. The molecule has 1 aromatic rings. The van der Waals surface area contributed by atoms with Crippen molar-refractivity contribution in [1.29, 1.82) is 0 Å². The van der Waals surface area contributed by atoms with Gasteiger partial charge in [-0.25, -0.2) is 9.89 Å². The van der Waals surface area contributed by atoms with Crippen LogP contribution in [0.15, 0.2) is 22.1 Å². The third-order valence-corrected chi connectivity index (χ3v) is 3.09. The highest BCUT2D eigenvalue weighted by atomic mass is 32.2. The van der Waals surface area contributed by atoms with Crippen LogP contribution >= 0.6 is 24.4 Å². The molecule has 0 bridgehead atoms. The summed E-state index contributed by atoms with van der Waals surface area (Å²) in [5.74, 6) is 1.40. The summed E-state index contributed by atoms with van der Waals surface area (Å²) in [4.78, 5) is 10.9. The summed E-state index contributed by atoms with van der Waals surface area (Å²) in [5, 5.41) is 6.88. The maximum absolute atomic E-state index is 10.9. The smallest absolute Gasteiger partial charge is 0.273 e. The number of thiol groups is 1. The Bertz CT molecular complexity index is 355. The Morgan fingerprint density at radius 1 is 1.85 bits per heavy atom. The van der Waals surface area contributed by atoms with E-state index in [2.05, 4.69) is 29.4 Å². The van der Waals surface area contributed by atoms with Gasteiger partial charge in [0.2, 0.25) is 0 Å². The quantitative estimate of drug-likeness (QED) is 0.443. The molecular weight excluding hydrogens is 206 g/mol. The fourth-order valence-electron chi connectivity index (χ4n) is 0.674. The average Bonchev–Trinajstić information content (AvgIpc) is 2.44. The minimum atomic E-state index is -0.195. The van der Waals surface area contributed by atoms with Crippen molar-refractivity contribution < 1.29 is 0 Å². The summed E-state index contributed by atoms with van der Waals surface area (Å²) in [7, 11) is 1.68. The van der Waals surface area contributed by atoms with Crippen molar-refractivity contribution in [2.24, 2.45) is 7.05 Å². The lowest BCUT2D eigenvalue weighted by atomic mass is 10.4. The normalized spacial score (nSPS) is 10.3. The molecule has 1 aromatic heterocycles. The van der Waals surface area contributed by atoms with E-state index in [1.54, 1.807) is 7.05 Å². The van der Waals surface area contributed by atoms with Crippen molar-refractivity contribution in [2.45, 2.75) is 5.16 Å². The van der Waals surface area contributed by atoms with Crippen molar-refractivity contribution in [2.75, 3.05) is 11.5 Å². The Balaban J connectivity index is 2.60. The molecule has 6 heteroatoms. The molecule has 0 atom stereocenters. The van der Waals surface area contributed by atoms with Gasteiger partial charge in [-0.2, -0.15) is 12.6 Å². The number of H-pyrrole nitrogens is 1. The van der Waals surface area contributed by atoms with E-state index in [-0.39, 0.29) is 5.69 Å². The first-order valence-corrected chi connectivity index (χ1v) is 5.28. The summed E-state index contributed by atoms with van der Waals surface area (Å²) in [5.41, 5.74) is 0.822. The Kier molecular flexibility index (Phi) is 3.68. The predicted molar refractivity (Wildman–Crippen MR) is 57.5 cm³/mol. The highest BCUT2D eigenvalue weighted by Gasteiger charge is 2.04. The van der Waals surface area contributed by atoms with E-state index in [9.17, 15) is 4.79 Å². The number of hydrogen-bond acceptors (Lipinski definition) is 4. The molecule has 0 unspecified atom stereocenters. The number of nitrogens with one attached hydrogen (secondary N) is 1. The summed E-state index contributed by atoms with van der Waals surface area (Å²) in [6.45, 7) is 3.80. The molecule has 0 saturated carbocycles. The summed E-state index contributed by atoms with van der Waals surface area (Å²) >= 11 is 5.56. The molecule has 0 aliphatic heterocycles. The van der Waals surface area contributed by atoms with E-state index in [0.29, 0.717) is 10.9 Å². The average molecular weight is 217 g/mol. The first kappa shape index (κ1) is 10.5. The zero-order chi connectivity index (χ0) is 9.84. The minimum absolute atomic E-state index is 0.195. The van der Waals surface area contributed by atoms with Gasteiger partial charge in [0.25, 0.3) is 0 Å². The molecule has 0 radical (unpaired) electrons. The van der Waals surface area contributed by atoms with Gasteiger partial charge in [-0.15, -0.1) is 5.10 Å². The van der Waals surface area contributed by atoms with Gasteiger partial charge >= 0.3 is 5.69 Å². The number of rotatable bonds is 4. The third kappa shape index (κ3) is 2.67.